The first-order valence-corrected chi connectivity index (χ1v) is 13.1. The molecule has 0 saturated heterocycles. The number of rotatable bonds is 15. The summed E-state index contributed by atoms with van der Waals surface area (Å²) in [6.45, 7) is 4.81. The van der Waals surface area contributed by atoms with Crippen LogP contribution < -0.4 is 10.6 Å². The van der Waals surface area contributed by atoms with Gasteiger partial charge in [-0.05, 0) is 69.2 Å². The van der Waals surface area contributed by atoms with E-state index in [1.165, 1.54) is 12.5 Å². The number of hydrogen-bond acceptors (Lipinski definition) is 7. The average molecular weight is 513 g/mol. The van der Waals surface area contributed by atoms with Gasteiger partial charge in [0.25, 0.3) is 5.91 Å². The molecule has 9 heteroatoms. The van der Waals surface area contributed by atoms with Gasteiger partial charge in [0.1, 0.15) is 11.9 Å². The summed E-state index contributed by atoms with van der Waals surface area (Å²) < 4.78 is 5.24. The zero-order chi connectivity index (χ0) is 26.7. The molecule has 0 saturated carbocycles. The number of ether oxygens (including phenoxy) is 1. The highest BCUT2D eigenvalue weighted by Crippen LogP contribution is 2.21. The second-order valence-corrected chi connectivity index (χ2v) is 9.72. The number of aliphatic carboxylic acids is 1. The lowest BCUT2D eigenvalue weighted by molar-refractivity contribution is -0.147. The van der Waals surface area contributed by atoms with Crippen LogP contribution in [0.4, 0.5) is 5.82 Å². The van der Waals surface area contributed by atoms with Gasteiger partial charge in [0.05, 0.1) is 6.61 Å². The normalized spacial score (nSPS) is 15.4. The number of hydrogen-bond donors (Lipinski definition) is 4. The molecule has 1 aromatic carbocycles. The Balaban J connectivity index is 1.50. The zero-order valence-electron chi connectivity index (χ0n) is 21.9. The van der Waals surface area contributed by atoms with Crippen LogP contribution in [-0.2, 0) is 32.8 Å². The number of unbranched alkanes of at least 4 members (excludes halogenated alkanes) is 1. The van der Waals surface area contributed by atoms with Gasteiger partial charge in [0.2, 0.25) is 0 Å². The molecule has 202 valence electrons. The molecular weight excluding hydrogens is 472 g/mol. The van der Waals surface area contributed by atoms with Crippen molar-refractivity contribution < 1.29 is 24.5 Å². The van der Waals surface area contributed by atoms with Crippen LogP contribution in [0.25, 0.3) is 0 Å². The number of amides is 1. The monoisotopic (exact) mass is 512 g/mol. The topological polar surface area (TPSA) is 124 Å². The van der Waals surface area contributed by atoms with E-state index >= 15 is 0 Å². The van der Waals surface area contributed by atoms with E-state index in [9.17, 15) is 19.8 Å². The molecule has 2 heterocycles. The van der Waals surface area contributed by atoms with Crippen LogP contribution >= 0.6 is 0 Å². The molecule has 2 unspecified atom stereocenters. The molecule has 1 aromatic heterocycles. The Morgan fingerprint density at radius 2 is 1.95 bits per heavy atom. The van der Waals surface area contributed by atoms with Gasteiger partial charge in [-0.3, -0.25) is 4.79 Å². The van der Waals surface area contributed by atoms with Crippen molar-refractivity contribution in [3.63, 3.8) is 0 Å². The maximum absolute atomic E-state index is 12.8. The quantitative estimate of drug-likeness (QED) is 0.269. The van der Waals surface area contributed by atoms with Gasteiger partial charge in [-0.2, -0.15) is 0 Å². The number of nitrogens with one attached hydrogen (secondary N) is 2. The number of carbonyl (C=O) groups is 2. The zero-order valence-corrected chi connectivity index (χ0v) is 21.9. The number of aromatic nitrogens is 1. The predicted octanol–water partition coefficient (Wildman–Crippen LogP) is 2.58. The van der Waals surface area contributed by atoms with Crippen molar-refractivity contribution in [2.45, 2.75) is 57.1 Å². The third-order valence-electron chi connectivity index (χ3n) is 6.84. The lowest BCUT2D eigenvalue weighted by Crippen LogP contribution is -2.50. The first-order valence-electron chi connectivity index (χ1n) is 13.1. The third-order valence-corrected chi connectivity index (χ3v) is 6.84. The van der Waals surface area contributed by atoms with Crippen molar-refractivity contribution >= 4 is 17.7 Å². The smallest absolute Gasteiger partial charge is 0.326 e. The Bertz CT molecular complexity index is 1010. The van der Waals surface area contributed by atoms with Crippen LogP contribution in [0.1, 0.15) is 49.4 Å². The number of aliphatic hydroxyl groups is 1. The Labute approximate surface area is 219 Å². The van der Waals surface area contributed by atoms with E-state index in [1.54, 1.807) is 37.4 Å². The van der Waals surface area contributed by atoms with Crippen LogP contribution in [0.5, 0.6) is 0 Å². The van der Waals surface area contributed by atoms with Gasteiger partial charge in [-0.1, -0.05) is 36.4 Å². The average Bonchev–Trinajstić information content (AvgIpc) is 2.91. The summed E-state index contributed by atoms with van der Waals surface area (Å²) in [7, 11) is 1.64. The van der Waals surface area contributed by atoms with E-state index in [1.807, 2.05) is 0 Å². The second kappa shape index (κ2) is 14.1. The van der Waals surface area contributed by atoms with Crippen molar-refractivity contribution in [3.05, 3.63) is 59.3 Å². The van der Waals surface area contributed by atoms with E-state index in [4.69, 9.17) is 9.72 Å². The van der Waals surface area contributed by atoms with Crippen LogP contribution in [0.3, 0.4) is 0 Å². The minimum atomic E-state index is -1.83. The molecule has 0 radical (unpaired) electrons. The van der Waals surface area contributed by atoms with Gasteiger partial charge in [0.15, 0.2) is 5.60 Å². The minimum absolute atomic E-state index is 0.216. The molecule has 1 aliphatic rings. The maximum atomic E-state index is 12.8. The first kappa shape index (κ1) is 28.6. The van der Waals surface area contributed by atoms with Gasteiger partial charge >= 0.3 is 5.97 Å². The van der Waals surface area contributed by atoms with Crippen molar-refractivity contribution in [1.29, 1.82) is 0 Å². The van der Waals surface area contributed by atoms with Crippen molar-refractivity contribution in [1.82, 2.24) is 15.2 Å². The lowest BCUT2D eigenvalue weighted by Gasteiger charge is -2.27. The van der Waals surface area contributed by atoms with Crippen molar-refractivity contribution in [2.24, 2.45) is 0 Å². The fourth-order valence-electron chi connectivity index (χ4n) is 4.47. The van der Waals surface area contributed by atoms with Gasteiger partial charge in [0, 0.05) is 32.4 Å². The molecule has 0 aliphatic carbocycles. The van der Waals surface area contributed by atoms with Gasteiger partial charge < -0.3 is 30.5 Å². The Kier molecular flexibility index (Phi) is 10.9. The van der Waals surface area contributed by atoms with Gasteiger partial charge in [-0.25, -0.2) is 9.78 Å². The Morgan fingerprint density at radius 1 is 1.16 bits per heavy atom. The molecule has 3 rings (SSSR count). The third kappa shape index (κ3) is 8.52. The number of carbonyl (C=O) groups excluding carboxylic acids is 1. The van der Waals surface area contributed by atoms with Gasteiger partial charge in [-0.15, -0.1) is 0 Å². The highest BCUT2D eigenvalue weighted by Gasteiger charge is 2.35. The molecule has 37 heavy (non-hydrogen) atoms. The summed E-state index contributed by atoms with van der Waals surface area (Å²) in [6.07, 6.45) is 5.22. The molecule has 0 fully saturated rings. The SMILES string of the molecule is COCCN(CCCCc1ccc2c(n1)NCCC2)CCC(NC(=O)C(C)(O)c1ccccc1)C(=O)O. The fourth-order valence-corrected chi connectivity index (χ4v) is 4.47. The van der Waals surface area contributed by atoms with Crippen LogP contribution in [-0.4, -0.2) is 77.9 Å². The van der Waals surface area contributed by atoms with Crippen molar-refractivity contribution in [3.8, 4) is 0 Å². The van der Waals surface area contributed by atoms with Crippen LogP contribution in [0.2, 0.25) is 0 Å². The predicted molar refractivity (Wildman–Crippen MR) is 142 cm³/mol. The number of anilines is 1. The summed E-state index contributed by atoms with van der Waals surface area (Å²) in [4.78, 5) is 31.6. The summed E-state index contributed by atoms with van der Waals surface area (Å²) in [5, 5.41) is 26.4. The Morgan fingerprint density at radius 3 is 2.68 bits per heavy atom. The van der Waals surface area contributed by atoms with E-state index in [-0.39, 0.29) is 6.42 Å². The molecular formula is C28H40N4O5. The lowest BCUT2D eigenvalue weighted by atomic mass is 9.94. The summed E-state index contributed by atoms with van der Waals surface area (Å²) in [6, 6.07) is 11.7. The molecule has 2 atom stereocenters. The summed E-state index contributed by atoms with van der Waals surface area (Å²) in [5.41, 5.74) is 0.939. The largest absolute Gasteiger partial charge is 0.480 e. The standard InChI is InChI=1S/C28H40N4O5/c1-28(36,22-10-4-3-5-11-22)27(35)31-24(26(33)34)15-18-32(19-20-37-2)17-7-6-12-23-14-13-21-9-8-16-29-25(21)30-23/h3-5,10-11,13-14,24,36H,6-9,12,15-20H2,1-2H3,(H,29,30)(H,31,35)(H,33,34). The maximum Gasteiger partial charge on any atom is 0.326 e. The number of nitrogens with zero attached hydrogens (tertiary/aromatic N) is 2. The summed E-state index contributed by atoms with van der Waals surface area (Å²) in [5.74, 6) is -0.851. The van der Waals surface area contributed by atoms with Crippen molar-refractivity contribution in [2.75, 3.05) is 45.2 Å². The number of carboxylic acids is 1. The van der Waals surface area contributed by atoms with Crippen LogP contribution in [0.15, 0.2) is 42.5 Å². The number of methoxy groups -OCH3 is 1. The molecule has 1 amide bonds. The van der Waals surface area contributed by atoms with E-state index < -0.39 is 23.5 Å². The number of benzene rings is 1. The second-order valence-electron chi connectivity index (χ2n) is 9.72. The molecule has 1 aliphatic heterocycles. The number of fused-ring (bicyclic) bond motifs is 1. The number of aryl methyl sites for hydroxylation is 2. The van der Waals surface area contributed by atoms with E-state index in [0.717, 1.165) is 56.7 Å². The highest BCUT2D eigenvalue weighted by atomic mass is 16.5. The molecule has 4 N–H and O–H groups in total. The fraction of sp³-hybridized carbons (Fsp3) is 0.536. The van der Waals surface area contributed by atoms with Crippen LogP contribution in [0, 0.1) is 0 Å². The highest BCUT2D eigenvalue weighted by molar-refractivity contribution is 5.89. The molecule has 0 bridgehead atoms. The van der Waals surface area contributed by atoms with E-state index in [0.29, 0.717) is 25.3 Å². The minimum Gasteiger partial charge on any atom is -0.480 e. The number of carboxylic acid groups (broad SMARTS) is 1. The first-order chi connectivity index (χ1) is 17.8. The Hall–Kier alpha value is -3.01. The number of pyridine rings is 1. The molecule has 0 spiro atoms. The summed E-state index contributed by atoms with van der Waals surface area (Å²) >= 11 is 0. The van der Waals surface area contributed by atoms with E-state index in [2.05, 4.69) is 27.7 Å². The molecule has 9 nitrogen and oxygen atoms in total. The molecule has 2 aromatic rings.